The van der Waals surface area contributed by atoms with Crippen LogP contribution in [0.2, 0.25) is 0 Å². The molecule has 1 aliphatic rings. The summed E-state index contributed by atoms with van der Waals surface area (Å²) in [5, 5.41) is 16.6. The van der Waals surface area contributed by atoms with E-state index in [1.54, 1.807) is 6.07 Å². The van der Waals surface area contributed by atoms with Crippen LogP contribution in [0.3, 0.4) is 0 Å². The van der Waals surface area contributed by atoms with Crippen LogP contribution in [0.25, 0.3) is 21.1 Å². The summed E-state index contributed by atoms with van der Waals surface area (Å²) in [6.45, 7) is 2.62. The van der Waals surface area contributed by atoms with Crippen LogP contribution >= 0.6 is 11.3 Å². The molecule has 1 atom stereocenters. The number of anilines is 1. The molecule has 0 aliphatic carbocycles. The van der Waals surface area contributed by atoms with Gasteiger partial charge in [-0.2, -0.15) is 0 Å². The first-order chi connectivity index (χ1) is 10.1. The van der Waals surface area contributed by atoms with E-state index in [0.29, 0.717) is 22.5 Å². The fourth-order valence-electron chi connectivity index (χ4n) is 2.58. The van der Waals surface area contributed by atoms with Crippen LogP contribution in [0.15, 0.2) is 18.3 Å². The van der Waals surface area contributed by atoms with E-state index in [1.807, 2.05) is 13.0 Å². The molecular formula is C14H12N4O2S. The van der Waals surface area contributed by atoms with Crippen molar-refractivity contribution >= 4 is 44.1 Å². The predicted octanol–water partition coefficient (Wildman–Crippen LogP) is 2.09. The van der Waals surface area contributed by atoms with Crippen molar-refractivity contribution < 1.29 is 9.90 Å². The number of thiophene rings is 1. The van der Waals surface area contributed by atoms with Gasteiger partial charge in [0.15, 0.2) is 0 Å². The Bertz CT molecular complexity index is 889. The van der Waals surface area contributed by atoms with Crippen LogP contribution in [0.5, 0.6) is 5.88 Å². The zero-order valence-corrected chi connectivity index (χ0v) is 12.0. The van der Waals surface area contributed by atoms with Crippen molar-refractivity contribution in [3.8, 4) is 5.88 Å². The standard InChI is InChI=1S/C14H12N4O2S/c1-6-4-15-12-10-8(21-13(12)14(20)17-6)3-2-7-11(10)16-5-9(19)18-7/h2-3,5-6,15H,4H2,1H3,(H,17,20)(H,18,19)/t6-/m1/s1. The number of carbonyl (C=O) groups excluding carboxylic acids is 1. The number of aromatic hydroxyl groups is 1. The van der Waals surface area contributed by atoms with Crippen molar-refractivity contribution in [1.82, 2.24) is 15.3 Å². The summed E-state index contributed by atoms with van der Waals surface area (Å²) in [6, 6.07) is 3.78. The molecule has 3 N–H and O–H groups in total. The van der Waals surface area contributed by atoms with Crippen LogP contribution in [-0.4, -0.2) is 33.6 Å². The van der Waals surface area contributed by atoms with Crippen LogP contribution in [0.4, 0.5) is 5.69 Å². The molecule has 7 heteroatoms. The van der Waals surface area contributed by atoms with Crippen molar-refractivity contribution in [1.29, 1.82) is 0 Å². The molecule has 1 amide bonds. The summed E-state index contributed by atoms with van der Waals surface area (Å²) in [7, 11) is 0. The maximum atomic E-state index is 12.3. The Morgan fingerprint density at radius 1 is 1.43 bits per heavy atom. The Morgan fingerprint density at radius 2 is 2.29 bits per heavy atom. The number of fused-ring (bicyclic) bond motifs is 5. The average molecular weight is 300 g/mol. The number of hydrogen-bond acceptors (Lipinski definition) is 6. The molecule has 1 aromatic carbocycles. The summed E-state index contributed by atoms with van der Waals surface area (Å²) in [4.78, 5) is 21.3. The number of benzene rings is 1. The molecule has 0 bridgehead atoms. The third-order valence-electron chi connectivity index (χ3n) is 3.52. The predicted molar refractivity (Wildman–Crippen MR) is 82.0 cm³/mol. The summed E-state index contributed by atoms with van der Waals surface area (Å²) in [5.41, 5.74) is 2.11. The lowest BCUT2D eigenvalue weighted by molar-refractivity contribution is 0.0949. The fraction of sp³-hybridized carbons (Fsp3) is 0.214. The van der Waals surface area contributed by atoms with Gasteiger partial charge in [-0.25, -0.2) is 9.97 Å². The minimum atomic E-state index is -0.109. The molecule has 0 spiro atoms. The van der Waals surface area contributed by atoms with E-state index >= 15 is 0 Å². The molecule has 21 heavy (non-hydrogen) atoms. The van der Waals surface area contributed by atoms with E-state index in [0.717, 1.165) is 15.8 Å². The number of amides is 1. The maximum absolute atomic E-state index is 12.3. The van der Waals surface area contributed by atoms with Crippen LogP contribution in [0.1, 0.15) is 16.6 Å². The Morgan fingerprint density at radius 3 is 3.14 bits per heavy atom. The Kier molecular flexibility index (Phi) is 2.52. The quantitative estimate of drug-likeness (QED) is 0.592. The molecular weight excluding hydrogens is 288 g/mol. The number of carbonyl (C=O) groups is 1. The van der Waals surface area contributed by atoms with E-state index in [1.165, 1.54) is 17.5 Å². The summed E-state index contributed by atoms with van der Waals surface area (Å²) in [5.74, 6) is -0.175. The van der Waals surface area contributed by atoms with Gasteiger partial charge in [-0.15, -0.1) is 11.3 Å². The van der Waals surface area contributed by atoms with Gasteiger partial charge >= 0.3 is 0 Å². The summed E-state index contributed by atoms with van der Waals surface area (Å²) in [6.07, 6.45) is 1.32. The SMILES string of the molecule is C[C@@H]1CNc2c(sc3ccc4nc(O)cnc4c23)C(=O)N1. The normalized spacial score (nSPS) is 18.1. The van der Waals surface area contributed by atoms with Gasteiger partial charge in [0.05, 0.1) is 22.9 Å². The highest BCUT2D eigenvalue weighted by Gasteiger charge is 2.25. The van der Waals surface area contributed by atoms with E-state index in [2.05, 4.69) is 20.6 Å². The first-order valence-corrected chi connectivity index (χ1v) is 7.41. The second-order valence-electron chi connectivity index (χ2n) is 5.10. The zero-order chi connectivity index (χ0) is 14.6. The largest absolute Gasteiger partial charge is 0.492 e. The molecule has 1 aliphatic heterocycles. The molecule has 6 nitrogen and oxygen atoms in total. The third kappa shape index (κ3) is 1.81. The van der Waals surface area contributed by atoms with Gasteiger partial charge in [0, 0.05) is 22.7 Å². The van der Waals surface area contributed by atoms with Gasteiger partial charge < -0.3 is 15.7 Å². The fourth-order valence-corrected chi connectivity index (χ4v) is 3.67. The van der Waals surface area contributed by atoms with Crippen molar-refractivity contribution in [3.63, 3.8) is 0 Å². The number of hydrogen-bond donors (Lipinski definition) is 3. The average Bonchev–Trinajstić information content (AvgIpc) is 2.77. The van der Waals surface area contributed by atoms with E-state index < -0.39 is 0 Å². The van der Waals surface area contributed by atoms with Gasteiger partial charge in [0.1, 0.15) is 4.88 Å². The molecule has 3 aromatic rings. The number of nitrogens with zero attached hydrogens (tertiary/aromatic N) is 2. The lowest BCUT2D eigenvalue weighted by atomic mass is 10.1. The molecule has 0 radical (unpaired) electrons. The van der Waals surface area contributed by atoms with E-state index in [9.17, 15) is 9.90 Å². The molecule has 3 heterocycles. The van der Waals surface area contributed by atoms with Crippen LogP contribution < -0.4 is 10.6 Å². The van der Waals surface area contributed by atoms with E-state index in [4.69, 9.17) is 0 Å². The highest BCUT2D eigenvalue weighted by molar-refractivity contribution is 7.21. The van der Waals surface area contributed by atoms with Crippen LogP contribution in [0, 0.1) is 0 Å². The number of nitrogens with one attached hydrogen (secondary N) is 2. The van der Waals surface area contributed by atoms with Gasteiger partial charge in [-0.1, -0.05) is 0 Å². The van der Waals surface area contributed by atoms with Gasteiger partial charge in [0.2, 0.25) is 5.88 Å². The Balaban J connectivity index is 2.08. The first-order valence-electron chi connectivity index (χ1n) is 6.59. The highest BCUT2D eigenvalue weighted by atomic mass is 32.1. The molecule has 0 saturated carbocycles. The molecule has 106 valence electrons. The maximum Gasteiger partial charge on any atom is 0.263 e. The lowest BCUT2D eigenvalue weighted by Gasteiger charge is -2.09. The molecule has 2 aromatic heterocycles. The van der Waals surface area contributed by atoms with Crippen molar-refractivity contribution in [2.24, 2.45) is 0 Å². The number of rotatable bonds is 0. The third-order valence-corrected chi connectivity index (χ3v) is 4.67. The van der Waals surface area contributed by atoms with E-state index in [-0.39, 0.29) is 17.8 Å². The first kappa shape index (κ1) is 12.3. The Labute approximate surface area is 123 Å². The summed E-state index contributed by atoms with van der Waals surface area (Å²) >= 11 is 1.44. The highest BCUT2D eigenvalue weighted by Crippen LogP contribution is 2.40. The van der Waals surface area contributed by atoms with Crippen molar-refractivity contribution in [2.75, 3.05) is 11.9 Å². The second-order valence-corrected chi connectivity index (χ2v) is 6.15. The summed E-state index contributed by atoms with van der Waals surface area (Å²) < 4.78 is 0.977. The van der Waals surface area contributed by atoms with Crippen LogP contribution in [-0.2, 0) is 0 Å². The smallest absolute Gasteiger partial charge is 0.263 e. The van der Waals surface area contributed by atoms with Gasteiger partial charge in [0.25, 0.3) is 5.91 Å². The van der Waals surface area contributed by atoms with Crippen molar-refractivity contribution in [2.45, 2.75) is 13.0 Å². The zero-order valence-electron chi connectivity index (χ0n) is 11.2. The monoisotopic (exact) mass is 300 g/mol. The molecule has 0 fully saturated rings. The number of aromatic nitrogens is 2. The molecule has 0 saturated heterocycles. The molecule has 0 unspecified atom stereocenters. The second kappa shape index (κ2) is 4.29. The van der Waals surface area contributed by atoms with Crippen molar-refractivity contribution in [3.05, 3.63) is 23.2 Å². The van der Waals surface area contributed by atoms with Gasteiger partial charge in [-0.05, 0) is 19.1 Å². The lowest BCUT2D eigenvalue weighted by Crippen LogP contribution is -2.34. The minimum absolute atomic E-state index is 0.0661. The minimum Gasteiger partial charge on any atom is -0.492 e. The van der Waals surface area contributed by atoms with Gasteiger partial charge in [-0.3, -0.25) is 4.79 Å². The topological polar surface area (TPSA) is 87.1 Å². The Hall–Kier alpha value is -2.41. The molecule has 4 rings (SSSR count).